The standard InChI is InChI=1S/C18H20FNO/c1-11-7-8-15(18(21-3)12(11)2)16(19)14-6-4-5-13-9-10-20-17(13)14/h4-8,16,20H,9-10H2,1-3H3. The molecule has 1 aliphatic heterocycles. The molecular weight excluding hydrogens is 265 g/mol. The van der Waals surface area contributed by atoms with E-state index in [2.05, 4.69) is 11.4 Å². The average Bonchev–Trinajstić information content (AvgIpc) is 2.97. The van der Waals surface area contributed by atoms with Crippen molar-refractivity contribution in [3.63, 3.8) is 0 Å². The van der Waals surface area contributed by atoms with E-state index in [4.69, 9.17) is 4.74 Å². The van der Waals surface area contributed by atoms with Gasteiger partial charge in [-0.1, -0.05) is 30.3 Å². The zero-order chi connectivity index (χ0) is 15.0. The van der Waals surface area contributed by atoms with Crippen LogP contribution in [0, 0.1) is 13.8 Å². The van der Waals surface area contributed by atoms with E-state index >= 15 is 4.39 Å². The number of halogens is 1. The summed E-state index contributed by atoms with van der Waals surface area (Å²) in [5.41, 5.74) is 5.55. The number of rotatable bonds is 3. The third-order valence-corrected chi connectivity index (χ3v) is 4.34. The van der Waals surface area contributed by atoms with Crippen LogP contribution >= 0.6 is 0 Å². The Morgan fingerprint density at radius 2 is 1.95 bits per heavy atom. The zero-order valence-corrected chi connectivity index (χ0v) is 12.7. The van der Waals surface area contributed by atoms with Crippen LogP contribution in [0.5, 0.6) is 5.75 Å². The van der Waals surface area contributed by atoms with Crippen molar-refractivity contribution in [1.82, 2.24) is 0 Å². The second-order valence-corrected chi connectivity index (χ2v) is 5.55. The predicted molar refractivity (Wildman–Crippen MR) is 84.1 cm³/mol. The van der Waals surface area contributed by atoms with Crippen molar-refractivity contribution in [1.29, 1.82) is 0 Å². The van der Waals surface area contributed by atoms with Crippen LogP contribution in [-0.2, 0) is 6.42 Å². The molecule has 0 saturated heterocycles. The van der Waals surface area contributed by atoms with Crippen LogP contribution in [0.1, 0.15) is 34.0 Å². The molecule has 0 bridgehead atoms. The van der Waals surface area contributed by atoms with Crippen molar-refractivity contribution in [2.75, 3.05) is 19.0 Å². The molecule has 110 valence electrons. The van der Waals surface area contributed by atoms with Gasteiger partial charge in [0.05, 0.1) is 7.11 Å². The van der Waals surface area contributed by atoms with Crippen LogP contribution in [0.4, 0.5) is 10.1 Å². The highest BCUT2D eigenvalue weighted by Gasteiger charge is 2.24. The fourth-order valence-electron chi connectivity index (χ4n) is 3.03. The fraction of sp³-hybridized carbons (Fsp3) is 0.333. The van der Waals surface area contributed by atoms with E-state index in [0.717, 1.165) is 29.8 Å². The van der Waals surface area contributed by atoms with Crippen molar-refractivity contribution in [3.8, 4) is 5.75 Å². The Hall–Kier alpha value is -2.03. The lowest BCUT2D eigenvalue weighted by molar-refractivity contribution is 0.362. The summed E-state index contributed by atoms with van der Waals surface area (Å²) in [6.07, 6.45) is -0.222. The third-order valence-electron chi connectivity index (χ3n) is 4.34. The number of hydrogen-bond donors (Lipinski definition) is 1. The highest BCUT2D eigenvalue weighted by molar-refractivity contribution is 5.64. The van der Waals surface area contributed by atoms with Gasteiger partial charge in [0, 0.05) is 23.4 Å². The van der Waals surface area contributed by atoms with E-state index in [9.17, 15) is 0 Å². The van der Waals surface area contributed by atoms with Crippen molar-refractivity contribution in [2.24, 2.45) is 0 Å². The minimum absolute atomic E-state index is 0.600. The molecule has 0 spiro atoms. The number of aryl methyl sites for hydroxylation is 1. The Morgan fingerprint density at radius 3 is 2.71 bits per heavy atom. The van der Waals surface area contributed by atoms with E-state index in [-0.39, 0.29) is 0 Å². The quantitative estimate of drug-likeness (QED) is 0.905. The molecule has 1 N–H and O–H groups in total. The van der Waals surface area contributed by atoms with Crippen molar-refractivity contribution in [3.05, 3.63) is 58.1 Å². The Labute approximate surface area is 125 Å². The van der Waals surface area contributed by atoms with Gasteiger partial charge >= 0.3 is 0 Å². The van der Waals surface area contributed by atoms with Gasteiger partial charge < -0.3 is 10.1 Å². The molecule has 21 heavy (non-hydrogen) atoms. The van der Waals surface area contributed by atoms with Crippen LogP contribution < -0.4 is 10.1 Å². The maximum absolute atomic E-state index is 15.2. The lowest BCUT2D eigenvalue weighted by atomic mass is 9.95. The topological polar surface area (TPSA) is 21.3 Å². The van der Waals surface area contributed by atoms with Crippen molar-refractivity contribution in [2.45, 2.75) is 26.4 Å². The van der Waals surface area contributed by atoms with Crippen LogP contribution in [-0.4, -0.2) is 13.7 Å². The van der Waals surface area contributed by atoms with Gasteiger partial charge in [-0.3, -0.25) is 0 Å². The molecule has 2 aromatic carbocycles. The Morgan fingerprint density at radius 1 is 1.14 bits per heavy atom. The first-order chi connectivity index (χ1) is 10.1. The molecule has 1 atom stereocenters. The van der Waals surface area contributed by atoms with Gasteiger partial charge in [0.1, 0.15) is 5.75 Å². The second-order valence-electron chi connectivity index (χ2n) is 5.55. The smallest absolute Gasteiger partial charge is 0.156 e. The lowest BCUT2D eigenvalue weighted by Gasteiger charge is -2.18. The number of alkyl halides is 1. The Bertz CT molecular complexity index is 681. The molecule has 0 aliphatic carbocycles. The van der Waals surface area contributed by atoms with Crippen molar-refractivity contribution >= 4 is 5.69 Å². The zero-order valence-electron chi connectivity index (χ0n) is 12.7. The Kier molecular flexibility index (Phi) is 3.58. The van der Waals surface area contributed by atoms with E-state index in [1.807, 2.05) is 38.1 Å². The molecule has 3 heteroatoms. The number of fused-ring (bicyclic) bond motifs is 1. The highest BCUT2D eigenvalue weighted by atomic mass is 19.1. The molecule has 0 fully saturated rings. The van der Waals surface area contributed by atoms with Gasteiger partial charge in [0.25, 0.3) is 0 Å². The summed E-state index contributed by atoms with van der Waals surface area (Å²) in [5.74, 6) is 0.651. The average molecular weight is 285 g/mol. The second kappa shape index (κ2) is 5.40. The maximum Gasteiger partial charge on any atom is 0.156 e. The number of hydrogen-bond acceptors (Lipinski definition) is 2. The molecule has 1 aliphatic rings. The number of methoxy groups -OCH3 is 1. The van der Waals surface area contributed by atoms with Gasteiger partial charge in [0.2, 0.25) is 0 Å². The number of ether oxygens (including phenoxy) is 1. The Balaban J connectivity index is 2.10. The van der Waals surface area contributed by atoms with E-state index in [0.29, 0.717) is 16.9 Å². The first kappa shape index (κ1) is 13.9. The van der Waals surface area contributed by atoms with E-state index in [1.54, 1.807) is 7.11 Å². The van der Waals surface area contributed by atoms with Gasteiger partial charge in [-0.25, -0.2) is 4.39 Å². The molecule has 2 nitrogen and oxygen atoms in total. The third kappa shape index (κ3) is 2.27. The summed E-state index contributed by atoms with van der Waals surface area (Å²) < 4.78 is 20.6. The molecule has 3 rings (SSSR count). The van der Waals surface area contributed by atoms with E-state index < -0.39 is 6.17 Å². The first-order valence-corrected chi connectivity index (χ1v) is 7.27. The lowest BCUT2D eigenvalue weighted by Crippen LogP contribution is -2.04. The molecule has 0 amide bonds. The summed E-state index contributed by atoms with van der Waals surface area (Å²) in [6, 6.07) is 9.64. The summed E-state index contributed by atoms with van der Waals surface area (Å²) in [5, 5.41) is 3.30. The minimum atomic E-state index is -1.18. The van der Waals surface area contributed by atoms with Crippen LogP contribution in [0.2, 0.25) is 0 Å². The SMILES string of the molecule is COc1c(C(F)c2cccc3c2NCC3)ccc(C)c1C. The number of benzene rings is 2. The fourth-order valence-corrected chi connectivity index (χ4v) is 3.03. The normalized spacial score (nSPS) is 14.5. The predicted octanol–water partition coefficient (Wildman–Crippen LogP) is 4.34. The van der Waals surface area contributed by atoms with Crippen LogP contribution in [0.3, 0.4) is 0 Å². The number of anilines is 1. The summed E-state index contributed by atoms with van der Waals surface area (Å²) in [6.45, 7) is 4.86. The maximum atomic E-state index is 15.2. The van der Waals surface area contributed by atoms with Crippen molar-refractivity contribution < 1.29 is 9.13 Å². The molecule has 2 aromatic rings. The largest absolute Gasteiger partial charge is 0.496 e. The van der Waals surface area contributed by atoms with Gasteiger partial charge in [0.15, 0.2) is 6.17 Å². The summed E-state index contributed by atoms with van der Waals surface area (Å²) in [4.78, 5) is 0. The number of para-hydroxylation sites is 1. The van der Waals surface area contributed by atoms with Gasteiger partial charge in [-0.15, -0.1) is 0 Å². The first-order valence-electron chi connectivity index (χ1n) is 7.27. The van der Waals surface area contributed by atoms with Gasteiger partial charge in [-0.2, -0.15) is 0 Å². The molecule has 0 radical (unpaired) electrons. The molecule has 1 unspecified atom stereocenters. The summed E-state index contributed by atoms with van der Waals surface area (Å²) in [7, 11) is 1.60. The molecule has 0 aromatic heterocycles. The van der Waals surface area contributed by atoms with E-state index in [1.165, 1.54) is 5.56 Å². The monoisotopic (exact) mass is 285 g/mol. The van der Waals surface area contributed by atoms with Crippen LogP contribution in [0.25, 0.3) is 0 Å². The molecule has 0 saturated carbocycles. The minimum Gasteiger partial charge on any atom is -0.496 e. The highest BCUT2D eigenvalue weighted by Crippen LogP contribution is 2.41. The molecule has 1 heterocycles. The van der Waals surface area contributed by atoms with Gasteiger partial charge in [-0.05, 0) is 37.0 Å². The molecular formula is C18H20FNO. The van der Waals surface area contributed by atoms with Crippen LogP contribution in [0.15, 0.2) is 30.3 Å². The summed E-state index contributed by atoms with van der Waals surface area (Å²) >= 11 is 0. The number of nitrogens with one attached hydrogen (secondary N) is 1.